The number of hydrogen-bond acceptors (Lipinski definition) is 2. The molecule has 0 unspecified atom stereocenters. The molecule has 2 nitrogen and oxygen atoms in total. The van der Waals surface area contributed by atoms with E-state index in [1.165, 1.54) is 31.4 Å². The Morgan fingerprint density at radius 3 is 2.65 bits per heavy atom. The molecule has 0 amide bonds. The summed E-state index contributed by atoms with van der Waals surface area (Å²) in [7, 11) is 0. The maximum atomic E-state index is 13.0. The largest absolute Gasteiger partial charge is 0.374 e. The van der Waals surface area contributed by atoms with Gasteiger partial charge in [0.25, 0.3) is 0 Å². The number of benzene rings is 1. The van der Waals surface area contributed by atoms with Crippen molar-refractivity contribution in [1.82, 2.24) is 0 Å². The maximum absolute atomic E-state index is 13.0. The SMILES string of the molecule is NCc1cc(F)ccc1COC1CCCCC1. The van der Waals surface area contributed by atoms with Gasteiger partial charge in [0.2, 0.25) is 0 Å². The van der Waals surface area contributed by atoms with Gasteiger partial charge in [0.05, 0.1) is 12.7 Å². The summed E-state index contributed by atoms with van der Waals surface area (Å²) in [6.07, 6.45) is 6.53. The fourth-order valence-corrected chi connectivity index (χ4v) is 2.36. The van der Waals surface area contributed by atoms with Gasteiger partial charge in [0.1, 0.15) is 5.82 Å². The predicted octanol–water partition coefficient (Wildman–Crippen LogP) is 3.13. The van der Waals surface area contributed by atoms with Gasteiger partial charge in [-0.1, -0.05) is 25.3 Å². The van der Waals surface area contributed by atoms with E-state index in [1.54, 1.807) is 6.07 Å². The van der Waals surface area contributed by atoms with Gasteiger partial charge in [-0.25, -0.2) is 4.39 Å². The Kier molecular flexibility index (Phi) is 4.51. The van der Waals surface area contributed by atoms with E-state index in [2.05, 4.69) is 0 Å². The first kappa shape index (κ1) is 12.5. The van der Waals surface area contributed by atoms with Crippen molar-refractivity contribution in [3.05, 3.63) is 35.1 Å². The molecule has 1 aromatic carbocycles. The lowest BCUT2D eigenvalue weighted by atomic mass is 9.98. The standard InChI is InChI=1S/C14H20FNO/c15-13-7-6-11(12(8-13)9-16)10-17-14-4-2-1-3-5-14/h6-8,14H,1-5,9-10,16H2. The Morgan fingerprint density at radius 1 is 1.18 bits per heavy atom. The first-order chi connectivity index (χ1) is 8.29. The monoisotopic (exact) mass is 237 g/mol. The lowest BCUT2D eigenvalue weighted by molar-refractivity contribution is 0.0165. The van der Waals surface area contributed by atoms with Gasteiger partial charge in [-0.3, -0.25) is 0 Å². The summed E-state index contributed by atoms with van der Waals surface area (Å²) in [5, 5.41) is 0. The Balaban J connectivity index is 1.93. The molecule has 1 fully saturated rings. The molecule has 0 saturated heterocycles. The van der Waals surface area contributed by atoms with E-state index in [-0.39, 0.29) is 5.82 Å². The summed E-state index contributed by atoms with van der Waals surface area (Å²) in [5.41, 5.74) is 7.47. The summed E-state index contributed by atoms with van der Waals surface area (Å²) >= 11 is 0. The van der Waals surface area contributed by atoms with Gasteiger partial charge in [-0.05, 0) is 36.1 Å². The van der Waals surface area contributed by atoms with Crippen LogP contribution >= 0.6 is 0 Å². The first-order valence-corrected chi connectivity index (χ1v) is 6.38. The number of ether oxygens (including phenoxy) is 1. The molecule has 1 aromatic rings. The van der Waals surface area contributed by atoms with Gasteiger partial charge < -0.3 is 10.5 Å². The molecule has 0 heterocycles. The lowest BCUT2D eigenvalue weighted by Gasteiger charge is -2.22. The normalized spacial score (nSPS) is 17.3. The third kappa shape index (κ3) is 3.51. The average molecular weight is 237 g/mol. The van der Waals surface area contributed by atoms with Crippen LogP contribution in [0.2, 0.25) is 0 Å². The van der Waals surface area contributed by atoms with Crippen molar-refractivity contribution in [1.29, 1.82) is 0 Å². The number of rotatable bonds is 4. The third-order valence-corrected chi connectivity index (χ3v) is 3.41. The van der Waals surface area contributed by atoms with Crippen molar-refractivity contribution in [2.45, 2.75) is 51.4 Å². The third-order valence-electron chi connectivity index (χ3n) is 3.41. The van der Waals surface area contributed by atoms with E-state index < -0.39 is 0 Å². The highest BCUT2D eigenvalue weighted by Gasteiger charge is 2.14. The van der Waals surface area contributed by atoms with E-state index in [4.69, 9.17) is 10.5 Å². The van der Waals surface area contributed by atoms with E-state index in [0.717, 1.165) is 24.0 Å². The van der Waals surface area contributed by atoms with Crippen molar-refractivity contribution >= 4 is 0 Å². The summed E-state index contributed by atoms with van der Waals surface area (Å²) in [5.74, 6) is -0.230. The molecule has 0 aliphatic heterocycles. The molecule has 0 atom stereocenters. The zero-order chi connectivity index (χ0) is 12.1. The molecule has 0 spiro atoms. The summed E-state index contributed by atoms with van der Waals surface area (Å²) in [6, 6.07) is 4.75. The number of halogens is 1. The second kappa shape index (κ2) is 6.12. The zero-order valence-corrected chi connectivity index (χ0v) is 10.1. The molecule has 3 heteroatoms. The Bertz CT molecular complexity index is 361. The topological polar surface area (TPSA) is 35.2 Å². The van der Waals surface area contributed by atoms with Gasteiger partial charge >= 0.3 is 0 Å². The maximum Gasteiger partial charge on any atom is 0.123 e. The van der Waals surface area contributed by atoms with Crippen LogP contribution in [0.25, 0.3) is 0 Å². The van der Waals surface area contributed by atoms with Crippen molar-refractivity contribution in [2.24, 2.45) is 5.73 Å². The molecule has 1 aliphatic rings. The van der Waals surface area contributed by atoms with Crippen LogP contribution in [-0.2, 0) is 17.9 Å². The van der Waals surface area contributed by atoms with E-state index in [9.17, 15) is 4.39 Å². The molecular weight excluding hydrogens is 217 g/mol. The van der Waals surface area contributed by atoms with E-state index in [1.807, 2.05) is 0 Å². The second-order valence-corrected chi connectivity index (χ2v) is 4.69. The van der Waals surface area contributed by atoms with Crippen molar-refractivity contribution in [3.63, 3.8) is 0 Å². The van der Waals surface area contributed by atoms with Crippen molar-refractivity contribution in [3.8, 4) is 0 Å². The van der Waals surface area contributed by atoms with Crippen LogP contribution in [0.5, 0.6) is 0 Å². The molecule has 1 saturated carbocycles. The lowest BCUT2D eigenvalue weighted by Crippen LogP contribution is -2.17. The fraction of sp³-hybridized carbons (Fsp3) is 0.571. The minimum absolute atomic E-state index is 0.230. The van der Waals surface area contributed by atoms with Crippen molar-refractivity contribution < 1.29 is 9.13 Å². The average Bonchev–Trinajstić information content (AvgIpc) is 2.38. The Hall–Kier alpha value is -0.930. The van der Waals surface area contributed by atoms with Crippen LogP contribution in [0.3, 0.4) is 0 Å². The number of hydrogen-bond donors (Lipinski definition) is 1. The highest BCUT2D eigenvalue weighted by Crippen LogP contribution is 2.22. The van der Waals surface area contributed by atoms with Gasteiger partial charge in [-0.15, -0.1) is 0 Å². The van der Waals surface area contributed by atoms with Gasteiger partial charge in [-0.2, -0.15) is 0 Å². The van der Waals surface area contributed by atoms with Gasteiger partial charge in [0.15, 0.2) is 0 Å². The molecule has 0 radical (unpaired) electrons. The van der Waals surface area contributed by atoms with Crippen LogP contribution in [0, 0.1) is 5.82 Å². The van der Waals surface area contributed by atoms with Crippen LogP contribution in [0.15, 0.2) is 18.2 Å². The quantitative estimate of drug-likeness (QED) is 0.873. The summed E-state index contributed by atoms with van der Waals surface area (Å²) in [6.45, 7) is 0.915. The molecule has 2 rings (SSSR count). The molecule has 94 valence electrons. The smallest absolute Gasteiger partial charge is 0.123 e. The fourth-order valence-electron chi connectivity index (χ4n) is 2.36. The minimum Gasteiger partial charge on any atom is -0.374 e. The van der Waals surface area contributed by atoms with Gasteiger partial charge in [0, 0.05) is 6.54 Å². The van der Waals surface area contributed by atoms with Crippen LogP contribution < -0.4 is 5.73 Å². The highest BCUT2D eigenvalue weighted by molar-refractivity contribution is 5.27. The Morgan fingerprint density at radius 2 is 1.94 bits per heavy atom. The molecule has 17 heavy (non-hydrogen) atoms. The van der Waals surface area contributed by atoms with Crippen molar-refractivity contribution in [2.75, 3.05) is 0 Å². The Labute approximate surface area is 102 Å². The van der Waals surface area contributed by atoms with Crippen LogP contribution in [0.1, 0.15) is 43.2 Å². The molecule has 0 aromatic heterocycles. The summed E-state index contributed by atoms with van der Waals surface area (Å²) in [4.78, 5) is 0. The van der Waals surface area contributed by atoms with E-state index in [0.29, 0.717) is 19.3 Å². The number of nitrogens with two attached hydrogens (primary N) is 1. The van der Waals surface area contributed by atoms with Crippen LogP contribution in [0.4, 0.5) is 4.39 Å². The van der Waals surface area contributed by atoms with E-state index >= 15 is 0 Å². The first-order valence-electron chi connectivity index (χ1n) is 6.38. The molecule has 2 N–H and O–H groups in total. The second-order valence-electron chi connectivity index (χ2n) is 4.69. The zero-order valence-electron chi connectivity index (χ0n) is 10.1. The summed E-state index contributed by atoms with van der Waals surface area (Å²) < 4.78 is 18.9. The van der Waals surface area contributed by atoms with Crippen LogP contribution in [-0.4, -0.2) is 6.10 Å². The molecular formula is C14H20FNO. The predicted molar refractivity (Wildman–Crippen MR) is 66.0 cm³/mol. The molecule has 1 aliphatic carbocycles. The molecule has 0 bridgehead atoms. The minimum atomic E-state index is -0.230. The highest BCUT2D eigenvalue weighted by atomic mass is 19.1.